The van der Waals surface area contributed by atoms with Gasteiger partial charge in [-0.15, -0.1) is 0 Å². The molecule has 1 fully saturated rings. The summed E-state index contributed by atoms with van der Waals surface area (Å²) < 4.78 is 33.1. The minimum Gasteiger partial charge on any atom is -0.449 e. The number of esters is 1. The minimum atomic E-state index is -3.70. The Morgan fingerprint density at radius 3 is 2.41 bits per heavy atom. The van der Waals surface area contributed by atoms with Crippen LogP contribution >= 0.6 is 0 Å². The van der Waals surface area contributed by atoms with Crippen LogP contribution in [0.5, 0.6) is 0 Å². The molecule has 3 rings (SSSR count). The Bertz CT molecular complexity index is 1140. The molecule has 7 nitrogen and oxygen atoms in total. The van der Waals surface area contributed by atoms with E-state index in [1.165, 1.54) is 23.4 Å². The number of anilines is 1. The van der Waals surface area contributed by atoms with Gasteiger partial charge in [-0.2, -0.15) is 4.31 Å². The molecule has 1 heterocycles. The Balaban J connectivity index is 1.73. The second-order valence-corrected chi connectivity index (χ2v) is 10.8. The number of benzene rings is 2. The van der Waals surface area contributed by atoms with Gasteiger partial charge in [-0.3, -0.25) is 4.79 Å². The van der Waals surface area contributed by atoms with Crippen molar-refractivity contribution in [2.75, 3.05) is 18.4 Å². The van der Waals surface area contributed by atoms with Crippen molar-refractivity contribution in [3.8, 4) is 0 Å². The molecule has 0 aromatic heterocycles. The summed E-state index contributed by atoms with van der Waals surface area (Å²) in [6.07, 6.45) is 2.53. The number of amides is 1. The molecule has 1 saturated heterocycles. The average molecular weight is 487 g/mol. The second-order valence-electron chi connectivity index (χ2n) is 8.88. The fourth-order valence-electron chi connectivity index (χ4n) is 4.03. The highest BCUT2D eigenvalue weighted by atomic mass is 32.2. The van der Waals surface area contributed by atoms with E-state index in [1.54, 1.807) is 13.0 Å². The summed E-state index contributed by atoms with van der Waals surface area (Å²) in [4.78, 5) is 25.6. The smallest absolute Gasteiger partial charge is 0.338 e. The zero-order valence-electron chi connectivity index (χ0n) is 20.3. The lowest BCUT2D eigenvalue weighted by molar-refractivity contribution is -0.123. The molecule has 2 atom stereocenters. The number of aryl methyl sites for hydroxylation is 1. The zero-order chi connectivity index (χ0) is 24.9. The van der Waals surface area contributed by atoms with Gasteiger partial charge in [0.15, 0.2) is 6.10 Å². The third-order valence-corrected chi connectivity index (χ3v) is 8.41. The molecule has 1 aliphatic rings. The summed E-state index contributed by atoms with van der Waals surface area (Å²) in [7, 11) is -3.70. The number of sulfonamides is 1. The van der Waals surface area contributed by atoms with E-state index < -0.39 is 28.0 Å². The summed E-state index contributed by atoms with van der Waals surface area (Å²) >= 11 is 0. The molecule has 1 amide bonds. The van der Waals surface area contributed by atoms with Crippen LogP contribution in [0.1, 0.15) is 73.9 Å². The van der Waals surface area contributed by atoms with E-state index in [1.807, 2.05) is 24.3 Å². The lowest BCUT2D eigenvalue weighted by Gasteiger charge is -2.26. The van der Waals surface area contributed by atoms with E-state index in [-0.39, 0.29) is 16.4 Å². The van der Waals surface area contributed by atoms with Gasteiger partial charge in [0.05, 0.1) is 10.5 Å². The Kier molecular flexibility index (Phi) is 8.49. The maximum absolute atomic E-state index is 13.1. The topological polar surface area (TPSA) is 92.8 Å². The van der Waals surface area contributed by atoms with Gasteiger partial charge >= 0.3 is 5.97 Å². The maximum Gasteiger partial charge on any atom is 0.338 e. The zero-order valence-corrected chi connectivity index (χ0v) is 21.2. The van der Waals surface area contributed by atoms with Crippen molar-refractivity contribution < 1.29 is 22.7 Å². The molecular formula is C26H34N2O5S. The first-order chi connectivity index (χ1) is 16.1. The van der Waals surface area contributed by atoms with Crippen LogP contribution in [-0.2, 0) is 19.6 Å². The van der Waals surface area contributed by atoms with Crippen LogP contribution in [0.3, 0.4) is 0 Å². The first-order valence-electron chi connectivity index (χ1n) is 11.9. The first kappa shape index (κ1) is 25.9. The lowest BCUT2D eigenvalue weighted by Crippen LogP contribution is -2.36. The van der Waals surface area contributed by atoms with Crippen LogP contribution < -0.4 is 5.32 Å². The average Bonchev–Trinajstić information content (AvgIpc) is 2.84. The normalized spacial score (nSPS) is 16.5. The molecule has 0 aliphatic carbocycles. The molecule has 2 aromatic rings. The second kappa shape index (κ2) is 11.1. The van der Waals surface area contributed by atoms with E-state index >= 15 is 0 Å². The number of para-hydroxylation sites is 1. The van der Waals surface area contributed by atoms with E-state index in [4.69, 9.17) is 4.74 Å². The van der Waals surface area contributed by atoms with Crippen LogP contribution in [0.15, 0.2) is 47.4 Å². The Labute approximate surface area is 202 Å². The molecule has 1 aliphatic heterocycles. The van der Waals surface area contributed by atoms with Crippen molar-refractivity contribution in [1.82, 2.24) is 4.31 Å². The molecule has 184 valence electrons. The summed E-state index contributed by atoms with van der Waals surface area (Å²) in [5.74, 6) is -0.924. The molecule has 0 spiro atoms. The molecule has 1 N–H and O–H groups in total. The van der Waals surface area contributed by atoms with E-state index in [2.05, 4.69) is 19.2 Å². The van der Waals surface area contributed by atoms with Gasteiger partial charge in [-0.05, 0) is 68.4 Å². The third kappa shape index (κ3) is 5.85. The fraction of sp³-hybridized carbons (Fsp3) is 0.462. The largest absolute Gasteiger partial charge is 0.449 e. The number of carbonyl (C=O) groups is 2. The highest BCUT2D eigenvalue weighted by Crippen LogP contribution is 2.27. The summed E-state index contributed by atoms with van der Waals surface area (Å²) in [5, 5.41) is 2.85. The predicted octanol–water partition coefficient (Wildman–Crippen LogP) is 4.87. The molecule has 34 heavy (non-hydrogen) atoms. The van der Waals surface area contributed by atoms with Gasteiger partial charge in [-0.1, -0.05) is 44.5 Å². The Morgan fingerprint density at radius 1 is 1.06 bits per heavy atom. The molecule has 0 bridgehead atoms. The maximum atomic E-state index is 13.1. The van der Waals surface area contributed by atoms with Gasteiger partial charge < -0.3 is 10.1 Å². The Hall–Kier alpha value is -2.71. The van der Waals surface area contributed by atoms with Crippen molar-refractivity contribution in [3.63, 3.8) is 0 Å². The molecule has 2 aromatic carbocycles. The van der Waals surface area contributed by atoms with Gasteiger partial charge in [0.1, 0.15) is 0 Å². The minimum absolute atomic E-state index is 0.0980. The molecule has 0 radical (unpaired) electrons. The Morgan fingerprint density at radius 2 is 1.74 bits per heavy atom. The summed E-state index contributed by atoms with van der Waals surface area (Å²) in [6, 6.07) is 12.0. The number of hydrogen-bond donors (Lipinski definition) is 1. The third-order valence-electron chi connectivity index (χ3n) is 6.37. The van der Waals surface area contributed by atoms with Crippen LogP contribution in [-0.4, -0.2) is 43.8 Å². The number of piperidine rings is 1. The van der Waals surface area contributed by atoms with Crippen LogP contribution in [0.25, 0.3) is 0 Å². The summed E-state index contributed by atoms with van der Waals surface area (Å²) in [5.41, 5.74) is 2.37. The molecule has 0 saturated carbocycles. The van der Waals surface area contributed by atoms with Crippen LogP contribution in [0.4, 0.5) is 5.69 Å². The predicted molar refractivity (Wildman–Crippen MR) is 132 cm³/mol. The van der Waals surface area contributed by atoms with Gasteiger partial charge in [0.2, 0.25) is 10.0 Å². The SMILES string of the molecule is CCC(C)c1ccccc1NC(=O)C(C)OC(=O)c1ccc(C)c(S(=O)(=O)N2CCCCC2)c1. The van der Waals surface area contributed by atoms with Gasteiger partial charge in [0, 0.05) is 18.8 Å². The number of ether oxygens (including phenoxy) is 1. The fourth-order valence-corrected chi connectivity index (χ4v) is 5.79. The number of carbonyl (C=O) groups excluding carboxylic acids is 2. The molecular weight excluding hydrogens is 452 g/mol. The monoisotopic (exact) mass is 486 g/mol. The highest BCUT2D eigenvalue weighted by molar-refractivity contribution is 7.89. The van der Waals surface area contributed by atoms with Crippen LogP contribution in [0.2, 0.25) is 0 Å². The van der Waals surface area contributed by atoms with Crippen molar-refractivity contribution in [1.29, 1.82) is 0 Å². The standard InChI is InChI=1S/C26H34N2O5S/c1-5-18(2)22-11-7-8-12-23(22)27-25(29)20(4)33-26(30)21-14-13-19(3)24(17-21)34(31,32)28-15-9-6-10-16-28/h7-8,11-14,17-18,20H,5-6,9-10,15-16H2,1-4H3,(H,27,29). The number of hydrogen-bond acceptors (Lipinski definition) is 5. The molecule has 2 unspecified atom stereocenters. The van der Waals surface area contributed by atoms with Gasteiger partial charge in [-0.25, -0.2) is 13.2 Å². The van der Waals surface area contributed by atoms with Gasteiger partial charge in [0.25, 0.3) is 5.91 Å². The highest BCUT2D eigenvalue weighted by Gasteiger charge is 2.29. The van der Waals surface area contributed by atoms with Crippen LogP contribution in [0, 0.1) is 6.92 Å². The molecule has 8 heteroatoms. The lowest BCUT2D eigenvalue weighted by atomic mass is 9.97. The number of rotatable bonds is 8. The van der Waals surface area contributed by atoms with E-state index in [0.29, 0.717) is 24.3 Å². The quantitative estimate of drug-likeness (QED) is 0.538. The van der Waals surface area contributed by atoms with E-state index in [9.17, 15) is 18.0 Å². The van der Waals surface area contributed by atoms with E-state index in [0.717, 1.165) is 31.2 Å². The van der Waals surface area contributed by atoms with Crippen molar-refractivity contribution in [3.05, 3.63) is 59.2 Å². The van der Waals surface area contributed by atoms with Crippen molar-refractivity contribution >= 4 is 27.6 Å². The summed E-state index contributed by atoms with van der Waals surface area (Å²) in [6.45, 7) is 8.32. The van der Waals surface area contributed by atoms with Crippen molar-refractivity contribution in [2.45, 2.75) is 70.3 Å². The number of nitrogens with one attached hydrogen (secondary N) is 1. The first-order valence-corrected chi connectivity index (χ1v) is 13.3. The van der Waals surface area contributed by atoms with Crippen molar-refractivity contribution in [2.24, 2.45) is 0 Å². The number of nitrogens with zero attached hydrogens (tertiary/aromatic N) is 1.